The molecule has 1 atom stereocenters. The van der Waals surface area contributed by atoms with Gasteiger partial charge in [0, 0.05) is 18.9 Å². The van der Waals surface area contributed by atoms with Crippen molar-refractivity contribution in [1.82, 2.24) is 14.8 Å². The van der Waals surface area contributed by atoms with Crippen LogP contribution in [0.5, 0.6) is 0 Å². The van der Waals surface area contributed by atoms with Crippen LogP contribution in [0.4, 0.5) is 5.69 Å². The van der Waals surface area contributed by atoms with Gasteiger partial charge in [-0.3, -0.25) is 9.48 Å². The average Bonchev–Trinajstić information content (AvgIpc) is 2.89. The number of cyclic esters (lactones) is 1. The first kappa shape index (κ1) is 15.3. The zero-order valence-corrected chi connectivity index (χ0v) is 13.8. The first-order valence-electron chi connectivity index (χ1n) is 7.92. The van der Waals surface area contributed by atoms with Crippen molar-refractivity contribution in [3.05, 3.63) is 53.3 Å². The minimum atomic E-state index is -0.854. The molecule has 0 fully saturated rings. The lowest BCUT2D eigenvalue weighted by Crippen LogP contribution is -2.37. The molecule has 7 nitrogen and oxygen atoms in total. The maximum Gasteiger partial charge on any atom is 0.339 e. The lowest BCUT2D eigenvalue weighted by molar-refractivity contribution is -0.125. The molecule has 1 aliphatic heterocycles. The molecule has 0 radical (unpaired) electrons. The molecule has 3 aromatic rings. The van der Waals surface area contributed by atoms with E-state index in [1.165, 1.54) is 0 Å². The van der Waals surface area contributed by atoms with Crippen LogP contribution in [0.1, 0.15) is 21.6 Å². The third-order valence-electron chi connectivity index (χ3n) is 4.31. The number of amides is 1. The van der Waals surface area contributed by atoms with Gasteiger partial charge < -0.3 is 10.1 Å². The van der Waals surface area contributed by atoms with Crippen molar-refractivity contribution in [2.45, 2.75) is 19.4 Å². The maximum atomic E-state index is 12.5. The highest BCUT2D eigenvalue weighted by atomic mass is 16.5. The Bertz CT molecular complexity index is 1010. The van der Waals surface area contributed by atoms with Crippen LogP contribution in [-0.2, 0) is 23.0 Å². The first-order valence-corrected chi connectivity index (χ1v) is 7.92. The first-order chi connectivity index (χ1) is 12.0. The van der Waals surface area contributed by atoms with E-state index in [-0.39, 0.29) is 5.91 Å². The summed E-state index contributed by atoms with van der Waals surface area (Å²) in [5.41, 5.74) is 3.45. The molecule has 0 aliphatic carbocycles. The van der Waals surface area contributed by atoms with Gasteiger partial charge in [0.1, 0.15) is 0 Å². The summed E-state index contributed by atoms with van der Waals surface area (Å²) in [6, 6.07) is 8.98. The number of benzene rings is 1. The summed E-state index contributed by atoms with van der Waals surface area (Å²) < 4.78 is 6.96. The van der Waals surface area contributed by atoms with Crippen LogP contribution in [0.15, 0.2) is 36.5 Å². The lowest BCUT2D eigenvalue weighted by Gasteiger charge is -2.23. The molecule has 4 rings (SSSR count). The van der Waals surface area contributed by atoms with E-state index in [2.05, 4.69) is 15.4 Å². The molecule has 126 valence electrons. The fourth-order valence-corrected chi connectivity index (χ4v) is 3.08. The van der Waals surface area contributed by atoms with E-state index in [0.29, 0.717) is 17.7 Å². The smallest absolute Gasteiger partial charge is 0.339 e. The molecule has 0 unspecified atom stereocenters. The highest BCUT2D eigenvalue weighted by molar-refractivity contribution is 6.00. The van der Waals surface area contributed by atoms with Gasteiger partial charge in [-0.1, -0.05) is 18.2 Å². The van der Waals surface area contributed by atoms with Crippen molar-refractivity contribution < 1.29 is 14.3 Å². The molecule has 2 aromatic heterocycles. The average molecular weight is 336 g/mol. The lowest BCUT2D eigenvalue weighted by atomic mass is 9.98. The standard InChI is InChI=1S/C18H16N4O3/c1-10-14-8-12(9-19-16(14)22(2)21-10)20-17(23)15-7-11-5-3-4-6-13(11)18(24)25-15/h3-6,8-9,15H,7H2,1-2H3,(H,20,23)/t15-/m1/s1. The number of carbonyl (C=O) groups excluding carboxylic acids is 2. The van der Waals surface area contributed by atoms with E-state index in [1.54, 1.807) is 23.0 Å². The molecule has 1 N–H and O–H groups in total. The second-order valence-corrected chi connectivity index (χ2v) is 6.05. The van der Waals surface area contributed by atoms with Gasteiger partial charge in [-0.15, -0.1) is 0 Å². The zero-order valence-electron chi connectivity index (χ0n) is 13.8. The zero-order chi connectivity index (χ0) is 17.6. The number of nitrogens with one attached hydrogen (secondary N) is 1. The molecule has 3 heterocycles. The van der Waals surface area contributed by atoms with Crippen molar-refractivity contribution in [3.8, 4) is 0 Å². The molecular formula is C18H16N4O3. The highest BCUT2D eigenvalue weighted by Crippen LogP contribution is 2.23. The summed E-state index contributed by atoms with van der Waals surface area (Å²) in [5, 5.41) is 7.95. The fraction of sp³-hybridized carbons (Fsp3) is 0.222. The largest absolute Gasteiger partial charge is 0.448 e. The molecule has 1 amide bonds. The van der Waals surface area contributed by atoms with E-state index < -0.39 is 12.1 Å². The quantitative estimate of drug-likeness (QED) is 0.723. The minimum Gasteiger partial charge on any atom is -0.448 e. The number of nitrogens with zero attached hydrogens (tertiary/aromatic N) is 3. The summed E-state index contributed by atoms with van der Waals surface area (Å²) in [6.45, 7) is 1.88. The molecular weight excluding hydrogens is 320 g/mol. The summed E-state index contributed by atoms with van der Waals surface area (Å²) >= 11 is 0. The van der Waals surface area contributed by atoms with Crippen molar-refractivity contribution in [2.24, 2.45) is 7.05 Å². The van der Waals surface area contributed by atoms with Crippen molar-refractivity contribution in [1.29, 1.82) is 0 Å². The number of pyridine rings is 1. The van der Waals surface area contributed by atoms with Crippen LogP contribution >= 0.6 is 0 Å². The molecule has 25 heavy (non-hydrogen) atoms. The van der Waals surface area contributed by atoms with Crippen molar-refractivity contribution >= 4 is 28.6 Å². The Kier molecular flexibility index (Phi) is 3.49. The van der Waals surface area contributed by atoms with E-state index in [1.807, 2.05) is 32.2 Å². The van der Waals surface area contributed by atoms with Crippen LogP contribution in [0.3, 0.4) is 0 Å². The third kappa shape index (κ3) is 2.63. The number of anilines is 1. The van der Waals surface area contributed by atoms with Gasteiger partial charge in [-0.05, 0) is 24.6 Å². The van der Waals surface area contributed by atoms with Gasteiger partial charge in [-0.2, -0.15) is 5.10 Å². The van der Waals surface area contributed by atoms with E-state index in [9.17, 15) is 9.59 Å². The van der Waals surface area contributed by atoms with E-state index in [4.69, 9.17) is 4.74 Å². The fourth-order valence-electron chi connectivity index (χ4n) is 3.08. The van der Waals surface area contributed by atoms with Gasteiger partial charge in [-0.25, -0.2) is 9.78 Å². The molecule has 0 saturated heterocycles. The Morgan fingerprint density at radius 1 is 1.36 bits per heavy atom. The van der Waals surface area contributed by atoms with Gasteiger partial charge >= 0.3 is 5.97 Å². The second-order valence-electron chi connectivity index (χ2n) is 6.05. The minimum absolute atomic E-state index is 0.356. The second kappa shape index (κ2) is 5.70. The van der Waals surface area contributed by atoms with Crippen LogP contribution in [0.25, 0.3) is 11.0 Å². The predicted octanol–water partition coefficient (Wildman–Crippen LogP) is 2.00. The molecule has 0 saturated carbocycles. The Morgan fingerprint density at radius 3 is 3.00 bits per heavy atom. The normalized spacial score (nSPS) is 16.4. The van der Waals surface area contributed by atoms with Crippen LogP contribution < -0.4 is 5.32 Å². The van der Waals surface area contributed by atoms with Crippen LogP contribution in [-0.4, -0.2) is 32.7 Å². The summed E-state index contributed by atoms with van der Waals surface area (Å²) in [5.74, 6) is -0.843. The Balaban J connectivity index is 1.57. The Morgan fingerprint density at radius 2 is 2.16 bits per heavy atom. The van der Waals surface area contributed by atoms with Crippen LogP contribution in [0.2, 0.25) is 0 Å². The van der Waals surface area contributed by atoms with Gasteiger partial charge in [0.15, 0.2) is 11.8 Å². The summed E-state index contributed by atoms with van der Waals surface area (Å²) in [6.07, 6.45) is 1.07. The van der Waals surface area contributed by atoms with E-state index in [0.717, 1.165) is 22.3 Å². The molecule has 1 aliphatic rings. The number of esters is 1. The summed E-state index contributed by atoms with van der Waals surface area (Å²) in [7, 11) is 1.82. The van der Waals surface area contributed by atoms with Crippen molar-refractivity contribution in [3.63, 3.8) is 0 Å². The van der Waals surface area contributed by atoms with Gasteiger partial charge in [0.25, 0.3) is 5.91 Å². The van der Waals surface area contributed by atoms with Gasteiger partial charge in [0.05, 0.1) is 23.1 Å². The summed E-state index contributed by atoms with van der Waals surface area (Å²) in [4.78, 5) is 28.9. The Labute approximate surface area is 143 Å². The number of aryl methyl sites for hydroxylation is 2. The molecule has 1 aromatic carbocycles. The SMILES string of the molecule is Cc1nn(C)c2ncc(NC(=O)[C@H]3Cc4ccccc4C(=O)O3)cc12. The third-order valence-corrected chi connectivity index (χ3v) is 4.31. The monoisotopic (exact) mass is 336 g/mol. The van der Waals surface area contributed by atoms with Crippen LogP contribution in [0, 0.1) is 6.92 Å². The van der Waals surface area contributed by atoms with Crippen molar-refractivity contribution in [2.75, 3.05) is 5.32 Å². The number of hydrogen-bond acceptors (Lipinski definition) is 5. The number of hydrogen-bond donors (Lipinski definition) is 1. The highest BCUT2D eigenvalue weighted by Gasteiger charge is 2.31. The molecule has 0 bridgehead atoms. The van der Waals surface area contributed by atoms with E-state index >= 15 is 0 Å². The number of ether oxygens (including phenoxy) is 1. The van der Waals surface area contributed by atoms with Gasteiger partial charge in [0.2, 0.25) is 0 Å². The number of aromatic nitrogens is 3. The number of rotatable bonds is 2. The topological polar surface area (TPSA) is 86.1 Å². The number of fused-ring (bicyclic) bond motifs is 2. The number of carbonyl (C=O) groups is 2. The Hall–Kier alpha value is -3.22. The maximum absolute atomic E-state index is 12.5. The molecule has 7 heteroatoms. The molecule has 0 spiro atoms. The predicted molar refractivity (Wildman–Crippen MR) is 91.2 cm³/mol.